The van der Waals surface area contributed by atoms with Gasteiger partial charge in [0.2, 0.25) is 0 Å². The zero-order chi connectivity index (χ0) is 11.8. The SMILES string of the molecule is CCCCCSc1cccc(OCC)c1N. The summed E-state index contributed by atoms with van der Waals surface area (Å²) in [6.07, 6.45) is 3.80. The lowest BCUT2D eigenvalue weighted by molar-refractivity contribution is 0.341. The molecule has 0 saturated heterocycles. The molecule has 1 aromatic carbocycles. The van der Waals surface area contributed by atoms with Gasteiger partial charge in [-0.3, -0.25) is 0 Å². The molecule has 0 aliphatic carbocycles. The average Bonchev–Trinajstić information content (AvgIpc) is 2.29. The van der Waals surface area contributed by atoms with Gasteiger partial charge < -0.3 is 10.5 Å². The molecular formula is C13H21NOS. The van der Waals surface area contributed by atoms with Crippen molar-refractivity contribution in [1.82, 2.24) is 0 Å². The molecule has 90 valence electrons. The number of rotatable bonds is 7. The molecular weight excluding hydrogens is 218 g/mol. The molecule has 2 N–H and O–H groups in total. The lowest BCUT2D eigenvalue weighted by atomic mass is 10.3. The Labute approximate surface area is 103 Å². The maximum atomic E-state index is 6.04. The first-order valence-corrected chi connectivity index (χ1v) is 6.92. The van der Waals surface area contributed by atoms with E-state index in [-0.39, 0.29) is 0 Å². The highest BCUT2D eigenvalue weighted by atomic mass is 32.2. The minimum absolute atomic E-state index is 0.661. The molecule has 0 spiro atoms. The maximum absolute atomic E-state index is 6.04. The topological polar surface area (TPSA) is 35.2 Å². The summed E-state index contributed by atoms with van der Waals surface area (Å²) in [6.45, 7) is 4.85. The number of para-hydroxylation sites is 1. The van der Waals surface area contributed by atoms with Crippen LogP contribution >= 0.6 is 11.8 Å². The molecule has 0 aliphatic heterocycles. The number of nitrogens with two attached hydrogens (primary N) is 1. The number of thioether (sulfide) groups is 1. The Hall–Kier alpha value is -0.830. The molecule has 1 rings (SSSR count). The van der Waals surface area contributed by atoms with Crippen LogP contribution in [0, 0.1) is 0 Å². The Balaban J connectivity index is 2.55. The summed E-state index contributed by atoms with van der Waals surface area (Å²) >= 11 is 1.82. The Morgan fingerprint density at radius 2 is 2.06 bits per heavy atom. The van der Waals surface area contributed by atoms with Gasteiger partial charge in [0.25, 0.3) is 0 Å². The first-order valence-electron chi connectivity index (χ1n) is 5.93. The van der Waals surface area contributed by atoms with Crippen molar-refractivity contribution >= 4 is 17.4 Å². The highest BCUT2D eigenvalue weighted by molar-refractivity contribution is 7.99. The molecule has 0 atom stereocenters. The number of unbranched alkanes of at least 4 members (excludes halogenated alkanes) is 2. The number of nitrogen functional groups attached to an aromatic ring is 1. The van der Waals surface area contributed by atoms with Crippen LogP contribution in [0.5, 0.6) is 5.75 Å². The smallest absolute Gasteiger partial charge is 0.143 e. The molecule has 1 aromatic rings. The van der Waals surface area contributed by atoms with Crippen molar-refractivity contribution in [2.45, 2.75) is 38.0 Å². The van der Waals surface area contributed by atoms with Crippen molar-refractivity contribution in [3.8, 4) is 5.75 Å². The van der Waals surface area contributed by atoms with Crippen LogP contribution in [-0.2, 0) is 0 Å². The second kappa shape index (κ2) is 7.44. The number of ether oxygens (including phenoxy) is 1. The van der Waals surface area contributed by atoms with E-state index in [0.29, 0.717) is 6.61 Å². The third-order valence-electron chi connectivity index (χ3n) is 2.33. The Bertz CT molecular complexity index is 315. The van der Waals surface area contributed by atoms with Gasteiger partial charge in [0, 0.05) is 4.90 Å². The first kappa shape index (κ1) is 13.2. The predicted octanol–water partition coefficient (Wildman–Crippen LogP) is 3.95. The minimum Gasteiger partial charge on any atom is -0.492 e. The van der Waals surface area contributed by atoms with Crippen LogP contribution < -0.4 is 10.5 Å². The fourth-order valence-electron chi connectivity index (χ4n) is 1.47. The monoisotopic (exact) mass is 239 g/mol. The van der Waals surface area contributed by atoms with E-state index in [1.54, 1.807) is 0 Å². The summed E-state index contributed by atoms with van der Waals surface area (Å²) in [7, 11) is 0. The Morgan fingerprint density at radius 3 is 2.75 bits per heavy atom. The lowest BCUT2D eigenvalue weighted by Crippen LogP contribution is -1.98. The number of anilines is 1. The molecule has 0 amide bonds. The summed E-state index contributed by atoms with van der Waals surface area (Å²) in [4.78, 5) is 1.14. The van der Waals surface area contributed by atoms with Gasteiger partial charge in [-0.05, 0) is 31.2 Å². The standard InChI is InChI=1S/C13H21NOS/c1-3-5-6-10-16-12-9-7-8-11(13(12)14)15-4-2/h7-9H,3-6,10,14H2,1-2H3. The van der Waals surface area contributed by atoms with Crippen LogP contribution in [0.25, 0.3) is 0 Å². The maximum Gasteiger partial charge on any atom is 0.143 e. The van der Waals surface area contributed by atoms with Crippen LogP contribution in [0.2, 0.25) is 0 Å². The van der Waals surface area contributed by atoms with E-state index >= 15 is 0 Å². The van der Waals surface area contributed by atoms with Gasteiger partial charge in [-0.2, -0.15) is 0 Å². The molecule has 0 aliphatic rings. The van der Waals surface area contributed by atoms with Gasteiger partial charge in [0.15, 0.2) is 0 Å². The molecule has 0 unspecified atom stereocenters. The van der Waals surface area contributed by atoms with Gasteiger partial charge >= 0.3 is 0 Å². The highest BCUT2D eigenvalue weighted by Gasteiger charge is 2.05. The van der Waals surface area contributed by atoms with Gasteiger partial charge in [-0.15, -0.1) is 11.8 Å². The zero-order valence-corrected chi connectivity index (χ0v) is 11.0. The Morgan fingerprint density at radius 1 is 1.25 bits per heavy atom. The summed E-state index contributed by atoms with van der Waals surface area (Å²) in [5, 5.41) is 0. The first-order chi connectivity index (χ1) is 7.79. The van der Waals surface area contributed by atoms with E-state index in [2.05, 4.69) is 13.0 Å². The molecule has 0 saturated carbocycles. The lowest BCUT2D eigenvalue weighted by Gasteiger charge is -2.10. The van der Waals surface area contributed by atoms with Crippen molar-refractivity contribution in [3.63, 3.8) is 0 Å². The second-order valence-electron chi connectivity index (χ2n) is 3.66. The van der Waals surface area contributed by atoms with Crippen molar-refractivity contribution in [2.24, 2.45) is 0 Å². The molecule has 3 heteroatoms. The largest absolute Gasteiger partial charge is 0.492 e. The van der Waals surface area contributed by atoms with E-state index in [0.717, 1.165) is 22.1 Å². The summed E-state index contributed by atoms with van der Waals surface area (Å²) in [6, 6.07) is 5.99. The van der Waals surface area contributed by atoms with Gasteiger partial charge in [-0.1, -0.05) is 25.8 Å². The highest BCUT2D eigenvalue weighted by Crippen LogP contribution is 2.33. The molecule has 0 fully saturated rings. The molecule has 2 nitrogen and oxygen atoms in total. The minimum atomic E-state index is 0.661. The van der Waals surface area contributed by atoms with Crippen molar-refractivity contribution in [2.75, 3.05) is 18.1 Å². The number of hydrogen-bond donors (Lipinski definition) is 1. The van der Waals surface area contributed by atoms with Crippen LogP contribution in [0.4, 0.5) is 5.69 Å². The predicted molar refractivity (Wildman–Crippen MR) is 72.3 cm³/mol. The van der Waals surface area contributed by atoms with Gasteiger partial charge in [-0.25, -0.2) is 0 Å². The van der Waals surface area contributed by atoms with Crippen molar-refractivity contribution in [1.29, 1.82) is 0 Å². The summed E-state index contributed by atoms with van der Waals surface area (Å²) < 4.78 is 5.47. The second-order valence-corrected chi connectivity index (χ2v) is 4.79. The summed E-state index contributed by atoms with van der Waals surface area (Å²) in [5.41, 5.74) is 6.82. The summed E-state index contributed by atoms with van der Waals surface area (Å²) in [5.74, 6) is 1.94. The fraction of sp³-hybridized carbons (Fsp3) is 0.538. The number of hydrogen-bond acceptors (Lipinski definition) is 3. The van der Waals surface area contributed by atoms with E-state index in [4.69, 9.17) is 10.5 Å². The average molecular weight is 239 g/mol. The third-order valence-corrected chi connectivity index (χ3v) is 3.49. The number of benzene rings is 1. The van der Waals surface area contributed by atoms with Crippen LogP contribution in [0.1, 0.15) is 33.1 Å². The molecule has 16 heavy (non-hydrogen) atoms. The molecule has 0 bridgehead atoms. The van der Waals surface area contributed by atoms with E-state index < -0.39 is 0 Å². The molecule has 0 aromatic heterocycles. The molecule has 0 heterocycles. The van der Waals surface area contributed by atoms with Crippen LogP contribution in [0.15, 0.2) is 23.1 Å². The van der Waals surface area contributed by atoms with E-state index in [1.165, 1.54) is 19.3 Å². The van der Waals surface area contributed by atoms with Gasteiger partial charge in [0.1, 0.15) is 5.75 Å². The van der Waals surface area contributed by atoms with Crippen LogP contribution in [-0.4, -0.2) is 12.4 Å². The fourth-order valence-corrected chi connectivity index (χ4v) is 2.46. The third kappa shape index (κ3) is 3.97. The van der Waals surface area contributed by atoms with Crippen molar-refractivity contribution < 1.29 is 4.74 Å². The van der Waals surface area contributed by atoms with E-state index in [1.807, 2.05) is 30.8 Å². The zero-order valence-electron chi connectivity index (χ0n) is 10.2. The normalized spacial score (nSPS) is 10.4. The molecule has 0 radical (unpaired) electrons. The quantitative estimate of drug-likeness (QED) is 0.444. The van der Waals surface area contributed by atoms with Crippen LogP contribution in [0.3, 0.4) is 0 Å². The van der Waals surface area contributed by atoms with Gasteiger partial charge in [0.05, 0.1) is 12.3 Å². The van der Waals surface area contributed by atoms with Crippen molar-refractivity contribution in [3.05, 3.63) is 18.2 Å². The van der Waals surface area contributed by atoms with E-state index in [9.17, 15) is 0 Å². The Kier molecular flexibility index (Phi) is 6.16.